The van der Waals surface area contributed by atoms with Gasteiger partial charge in [0.15, 0.2) is 0 Å². The quantitative estimate of drug-likeness (QED) is 0.594. The third kappa shape index (κ3) is 6.25. The number of ether oxygens (including phenoxy) is 1. The van der Waals surface area contributed by atoms with Crippen molar-refractivity contribution in [1.29, 1.82) is 0 Å². The summed E-state index contributed by atoms with van der Waals surface area (Å²) in [4.78, 5) is 0. The van der Waals surface area contributed by atoms with E-state index in [9.17, 15) is 13.2 Å². The Morgan fingerprint density at radius 3 is 2.41 bits per heavy atom. The maximum Gasteiger partial charge on any atom is 0.411 e. The highest BCUT2D eigenvalue weighted by Crippen LogP contribution is 2.14. The molecule has 6 heteroatoms. The highest BCUT2D eigenvalue weighted by Gasteiger charge is 2.27. The van der Waals surface area contributed by atoms with Crippen LogP contribution in [0, 0.1) is 0 Å². The van der Waals surface area contributed by atoms with Crippen molar-refractivity contribution >= 4 is 0 Å². The van der Waals surface area contributed by atoms with Crippen molar-refractivity contribution in [2.24, 2.45) is 5.84 Å². The smallest absolute Gasteiger partial charge is 0.370 e. The van der Waals surface area contributed by atoms with Gasteiger partial charge in [-0.3, -0.25) is 11.3 Å². The molecule has 0 spiro atoms. The average molecular weight is 248 g/mol. The fraction of sp³-hybridized carbons (Fsp3) is 0.455. The molecule has 1 unspecified atom stereocenters. The summed E-state index contributed by atoms with van der Waals surface area (Å²) in [5, 5.41) is 0. The Morgan fingerprint density at radius 2 is 1.88 bits per heavy atom. The van der Waals surface area contributed by atoms with Crippen LogP contribution in [0.5, 0.6) is 0 Å². The molecule has 0 fully saturated rings. The molecule has 3 N–H and O–H groups in total. The van der Waals surface area contributed by atoms with E-state index in [1.807, 2.05) is 30.3 Å². The van der Waals surface area contributed by atoms with E-state index in [2.05, 4.69) is 10.2 Å². The van der Waals surface area contributed by atoms with Crippen LogP contribution in [0.3, 0.4) is 0 Å². The van der Waals surface area contributed by atoms with Crippen molar-refractivity contribution in [3.63, 3.8) is 0 Å². The van der Waals surface area contributed by atoms with Gasteiger partial charge in [0.1, 0.15) is 6.61 Å². The van der Waals surface area contributed by atoms with E-state index in [-0.39, 0.29) is 12.6 Å². The number of nitrogens with one attached hydrogen (secondary N) is 1. The maximum absolute atomic E-state index is 11.9. The second kappa shape index (κ2) is 6.58. The topological polar surface area (TPSA) is 47.3 Å². The van der Waals surface area contributed by atoms with E-state index in [0.29, 0.717) is 6.42 Å². The Labute approximate surface area is 97.7 Å². The summed E-state index contributed by atoms with van der Waals surface area (Å²) in [6.45, 7) is -1.33. The van der Waals surface area contributed by atoms with Gasteiger partial charge in [-0.25, -0.2) is 0 Å². The lowest BCUT2D eigenvalue weighted by molar-refractivity contribution is -0.175. The average Bonchev–Trinajstić information content (AvgIpc) is 2.27. The van der Waals surface area contributed by atoms with Crippen LogP contribution >= 0.6 is 0 Å². The number of alkyl halides is 3. The molecule has 3 nitrogen and oxygen atoms in total. The van der Waals surface area contributed by atoms with E-state index < -0.39 is 12.8 Å². The van der Waals surface area contributed by atoms with Crippen LogP contribution in [-0.4, -0.2) is 25.4 Å². The van der Waals surface area contributed by atoms with Gasteiger partial charge in [-0.1, -0.05) is 30.3 Å². The lowest BCUT2D eigenvalue weighted by Gasteiger charge is -2.16. The van der Waals surface area contributed by atoms with E-state index in [1.165, 1.54) is 0 Å². The van der Waals surface area contributed by atoms with Crippen molar-refractivity contribution in [2.45, 2.75) is 18.6 Å². The molecule has 1 aromatic rings. The standard InChI is InChI=1S/C11H15F3N2O/c12-11(13,14)8-17-7-10(16-15)6-9-4-2-1-3-5-9/h1-5,10,16H,6-8,15H2. The lowest BCUT2D eigenvalue weighted by atomic mass is 10.1. The Morgan fingerprint density at radius 1 is 1.24 bits per heavy atom. The summed E-state index contributed by atoms with van der Waals surface area (Å²) in [7, 11) is 0. The number of nitrogens with two attached hydrogens (primary N) is 1. The molecule has 0 heterocycles. The molecule has 0 aliphatic rings. The Kier molecular flexibility index (Phi) is 5.40. The van der Waals surface area contributed by atoms with Gasteiger partial charge in [-0.2, -0.15) is 13.2 Å². The zero-order chi connectivity index (χ0) is 12.7. The molecular weight excluding hydrogens is 233 g/mol. The van der Waals surface area contributed by atoms with Gasteiger partial charge in [0.2, 0.25) is 0 Å². The first-order valence-electron chi connectivity index (χ1n) is 5.16. The third-order valence-corrected chi connectivity index (χ3v) is 2.15. The van der Waals surface area contributed by atoms with Crippen LogP contribution < -0.4 is 11.3 Å². The molecule has 0 saturated carbocycles. The minimum atomic E-state index is -4.30. The van der Waals surface area contributed by atoms with E-state index in [1.54, 1.807) is 0 Å². The Hall–Kier alpha value is -1.11. The largest absolute Gasteiger partial charge is 0.411 e. The molecule has 0 bridgehead atoms. The first kappa shape index (κ1) is 14.0. The second-order valence-electron chi connectivity index (χ2n) is 3.68. The third-order valence-electron chi connectivity index (χ3n) is 2.15. The van der Waals surface area contributed by atoms with Crippen LogP contribution in [0.4, 0.5) is 13.2 Å². The molecule has 1 atom stereocenters. The Bertz CT molecular complexity index is 316. The molecular formula is C11H15F3N2O. The zero-order valence-electron chi connectivity index (χ0n) is 9.20. The first-order chi connectivity index (χ1) is 8.01. The van der Waals surface area contributed by atoms with Gasteiger partial charge in [0.05, 0.1) is 6.61 Å². The maximum atomic E-state index is 11.9. The SMILES string of the molecule is NNC(COCC(F)(F)F)Cc1ccccc1. The summed E-state index contributed by atoms with van der Waals surface area (Å²) < 4.78 is 40.1. The fourth-order valence-electron chi connectivity index (χ4n) is 1.38. The highest BCUT2D eigenvalue weighted by atomic mass is 19.4. The summed E-state index contributed by atoms with van der Waals surface area (Å²) in [6.07, 6.45) is -3.78. The van der Waals surface area contributed by atoms with E-state index >= 15 is 0 Å². The zero-order valence-corrected chi connectivity index (χ0v) is 9.20. The molecule has 0 aliphatic carbocycles. The van der Waals surface area contributed by atoms with Gasteiger partial charge in [0, 0.05) is 6.04 Å². The van der Waals surface area contributed by atoms with Crippen LogP contribution in [0.15, 0.2) is 30.3 Å². The van der Waals surface area contributed by atoms with Crippen LogP contribution in [-0.2, 0) is 11.2 Å². The molecule has 96 valence electrons. The van der Waals surface area contributed by atoms with Crippen LogP contribution in [0.1, 0.15) is 5.56 Å². The molecule has 0 radical (unpaired) electrons. The van der Waals surface area contributed by atoms with Crippen molar-refractivity contribution in [3.8, 4) is 0 Å². The number of hydrazine groups is 1. The number of halogens is 3. The van der Waals surface area contributed by atoms with Crippen molar-refractivity contribution in [1.82, 2.24) is 5.43 Å². The minimum Gasteiger partial charge on any atom is -0.370 e. The van der Waals surface area contributed by atoms with E-state index in [0.717, 1.165) is 5.56 Å². The Balaban J connectivity index is 2.34. The molecule has 0 aliphatic heterocycles. The normalized spacial score (nSPS) is 13.6. The van der Waals surface area contributed by atoms with E-state index in [4.69, 9.17) is 5.84 Å². The molecule has 0 saturated heterocycles. The predicted molar refractivity (Wildman–Crippen MR) is 58.1 cm³/mol. The minimum absolute atomic E-state index is 0.0785. The van der Waals surface area contributed by atoms with Gasteiger partial charge >= 0.3 is 6.18 Å². The summed E-state index contributed by atoms with van der Waals surface area (Å²) in [5.41, 5.74) is 3.44. The van der Waals surface area contributed by atoms with Crippen LogP contribution in [0.25, 0.3) is 0 Å². The predicted octanol–water partition coefficient (Wildman–Crippen LogP) is 1.64. The number of hydrogen-bond acceptors (Lipinski definition) is 3. The number of benzene rings is 1. The molecule has 1 aromatic carbocycles. The second-order valence-corrected chi connectivity index (χ2v) is 3.68. The highest BCUT2D eigenvalue weighted by molar-refractivity contribution is 5.15. The number of hydrogen-bond donors (Lipinski definition) is 2. The van der Waals surface area contributed by atoms with Crippen LogP contribution in [0.2, 0.25) is 0 Å². The number of rotatable bonds is 6. The molecule has 0 aromatic heterocycles. The first-order valence-corrected chi connectivity index (χ1v) is 5.16. The fourth-order valence-corrected chi connectivity index (χ4v) is 1.38. The van der Waals surface area contributed by atoms with Crippen molar-refractivity contribution in [2.75, 3.05) is 13.2 Å². The summed E-state index contributed by atoms with van der Waals surface area (Å²) in [5.74, 6) is 5.26. The molecule has 17 heavy (non-hydrogen) atoms. The van der Waals surface area contributed by atoms with Gasteiger partial charge in [-0.15, -0.1) is 0 Å². The summed E-state index contributed by atoms with van der Waals surface area (Å²) >= 11 is 0. The van der Waals surface area contributed by atoms with Gasteiger partial charge in [0.25, 0.3) is 0 Å². The van der Waals surface area contributed by atoms with Crippen molar-refractivity contribution in [3.05, 3.63) is 35.9 Å². The van der Waals surface area contributed by atoms with Gasteiger partial charge < -0.3 is 4.74 Å². The van der Waals surface area contributed by atoms with Crippen molar-refractivity contribution < 1.29 is 17.9 Å². The molecule has 1 rings (SSSR count). The summed E-state index contributed by atoms with van der Waals surface area (Å²) in [6, 6.07) is 9.02. The monoisotopic (exact) mass is 248 g/mol. The molecule has 0 amide bonds. The lowest BCUT2D eigenvalue weighted by Crippen LogP contribution is -2.41. The van der Waals surface area contributed by atoms with Gasteiger partial charge in [-0.05, 0) is 12.0 Å².